The maximum Gasteiger partial charge on any atom is 0.317 e. The summed E-state index contributed by atoms with van der Waals surface area (Å²) in [6.45, 7) is 8.15. The highest BCUT2D eigenvalue weighted by Gasteiger charge is 2.32. The minimum Gasteiger partial charge on any atom is -0.338 e. The first-order chi connectivity index (χ1) is 12.1. The van der Waals surface area contributed by atoms with E-state index in [-0.39, 0.29) is 18.0 Å². The van der Waals surface area contributed by atoms with Gasteiger partial charge >= 0.3 is 6.03 Å². The number of nitrogens with zero attached hydrogens (tertiary/aromatic N) is 3. The molecule has 1 unspecified atom stereocenters. The van der Waals surface area contributed by atoms with Gasteiger partial charge in [0.05, 0.1) is 6.04 Å². The van der Waals surface area contributed by atoms with Crippen LogP contribution in [0.5, 0.6) is 0 Å². The van der Waals surface area contributed by atoms with Crippen molar-refractivity contribution in [2.75, 3.05) is 44.2 Å². The minimum atomic E-state index is -0.164. The standard InChI is InChI=1S/C19H28N4O2/c1-3-20-19(25)22-13-11-21(12-14-22)15(2)18(24)23-10-6-8-16-7-4-5-9-17(16)23/h4-5,7,9,15H,3,6,8,10-14H2,1-2H3,(H,20,25). The topological polar surface area (TPSA) is 55.9 Å². The Labute approximate surface area is 149 Å². The summed E-state index contributed by atoms with van der Waals surface area (Å²) >= 11 is 0. The number of rotatable bonds is 3. The van der Waals surface area contributed by atoms with E-state index in [9.17, 15) is 9.59 Å². The summed E-state index contributed by atoms with van der Waals surface area (Å²) in [6, 6.07) is 8.03. The van der Waals surface area contributed by atoms with Crippen LogP contribution in [0.1, 0.15) is 25.8 Å². The van der Waals surface area contributed by atoms with Crippen LogP contribution in [-0.4, -0.2) is 67.0 Å². The monoisotopic (exact) mass is 344 g/mol. The van der Waals surface area contributed by atoms with Crippen LogP contribution < -0.4 is 10.2 Å². The lowest BCUT2D eigenvalue weighted by atomic mass is 10.0. The number of benzene rings is 1. The second kappa shape index (κ2) is 7.87. The van der Waals surface area contributed by atoms with Crippen LogP contribution in [0.15, 0.2) is 24.3 Å². The lowest BCUT2D eigenvalue weighted by Gasteiger charge is -2.39. The molecule has 0 radical (unpaired) electrons. The number of aryl methyl sites for hydroxylation is 1. The molecule has 1 atom stereocenters. The first kappa shape index (κ1) is 17.7. The van der Waals surface area contributed by atoms with Gasteiger partial charge in [0.2, 0.25) is 5.91 Å². The van der Waals surface area contributed by atoms with E-state index in [1.807, 2.05) is 41.8 Å². The average Bonchev–Trinajstić information content (AvgIpc) is 2.66. The van der Waals surface area contributed by atoms with Gasteiger partial charge in [-0.3, -0.25) is 9.69 Å². The third-order valence-electron chi connectivity index (χ3n) is 5.21. The number of hydrogen-bond acceptors (Lipinski definition) is 3. The molecule has 2 heterocycles. The first-order valence-corrected chi connectivity index (χ1v) is 9.28. The van der Waals surface area contributed by atoms with Gasteiger partial charge in [-0.05, 0) is 38.3 Å². The second-order valence-corrected chi connectivity index (χ2v) is 6.76. The number of hydrogen-bond donors (Lipinski definition) is 1. The SMILES string of the molecule is CCNC(=O)N1CCN(C(C)C(=O)N2CCCc3ccccc32)CC1. The molecule has 2 aliphatic rings. The number of anilines is 1. The van der Waals surface area contributed by atoms with Gasteiger partial charge < -0.3 is 15.1 Å². The third-order valence-corrected chi connectivity index (χ3v) is 5.21. The highest BCUT2D eigenvalue weighted by atomic mass is 16.2. The number of urea groups is 1. The molecule has 1 aromatic rings. The molecule has 0 saturated carbocycles. The van der Waals surface area contributed by atoms with E-state index in [1.54, 1.807) is 0 Å². The van der Waals surface area contributed by atoms with Gasteiger partial charge in [0, 0.05) is 45.0 Å². The molecule has 1 fully saturated rings. The van der Waals surface area contributed by atoms with Crippen molar-refractivity contribution in [2.24, 2.45) is 0 Å². The summed E-state index contributed by atoms with van der Waals surface area (Å²) in [5, 5.41) is 2.84. The molecule has 1 N–H and O–H groups in total. The number of carbonyl (C=O) groups excluding carboxylic acids is 2. The summed E-state index contributed by atoms with van der Waals surface area (Å²) in [5.41, 5.74) is 2.32. The zero-order valence-electron chi connectivity index (χ0n) is 15.2. The number of nitrogens with one attached hydrogen (secondary N) is 1. The number of piperazine rings is 1. The van der Waals surface area contributed by atoms with E-state index in [4.69, 9.17) is 0 Å². The molecule has 136 valence electrons. The fourth-order valence-corrected chi connectivity index (χ4v) is 3.72. The Morgan fingerprint density at radius 3 is 2.56 bits per heavy atom. The van der Waals surface area contributed by atoms with Crippen LogP contribution in [-0.2, 0) is 11.2 Å². The fraction of sp³-hybridized carbons (Fsp3) is 0.579. The Balaban J connectivity index is 1.62. The largest absolute Gasteiger partial charge is 0.338 e. The summed E-state index contributed by atoms with van der Waals surface area (Å²) in [4.78, 5) is 30.9. The summed E-state index contributed by atoms with van der Waals surface area (Å²) in [6.07, 6.45) is 2.06. The summed E-state index contributed by atoms with van der Waals surface area (Å²) in [5.74, 6) is 0.165. The Hall–Kier alpha value is -2.08. The van der Waals surface area contributed by atoms with Crippen molar-refractivity contribution in [3.8, 4) is 0 Å². The highest BCUT2D eigenvalue weighted by Crippen LogP contribution is 2.27. The van der Waals surface area contributed by atoms with Gasteiger partial charge in [-0.15, -0.1) is 0 Å². The molecule has 25 heavy (non-hydrogen) atoms. The van der Waals surface area contributed by atoms with E-state index in [0.717, 1.165) is 38.2 Å². The molecule has 2 aliphatic heterocycles. The van der Waals surface area contributed by atoms with E-state index < -0.39 is 0 Å². The zero-order valence-corrected chi connectivity index (χ0v) is 15.2. The lowest BCUT2D eigenvalue weighted by molar-refractivity contribution is -0.123. The Bertz CT molecular complexity index is 626. The maximum atomic E-state index is 13.1. The average molecular weight is 344 g/mol. The molecule has 3 amide bonds. The summed E-state index contributed by atoms with van der Waals surface area (Å²) < 4.78 is 0. The Morgan fingerprint density at radius 1 is 1.12 bits per heavy atom. The quantitative estimate of drug-likeness (QED) is 0.908. The maximum absolute atomic E-state index is 13.1. The van der Waals surface area contributed by atoms with Gasteiger partial charge in [-0.1, -0.05) is 18.2 Å². The highest BCUT2D eigenvalue weighted by molar-refractivity contribution is 5.98. The van der Waals surface area contributed by atoms with Crippen LogP contribution in [0.2, 0.25) is 0 Å². The van der Waals surface area contributed by atoms with Crippen LogP contribution >= 0.6 is 0 Å². The number of carbonyl (C=O) groups is 2. The van der Waals surface area contributed by atoms with Crippen molar-refractivity contribution in [1.29, 1.82) is 0 Å². The van der Waals surface area contributed by atoms with Gasteiger partial charge in [0.25, 0.3) is 0 Å². The van der Waals surface area contributed by atoms with E-state index in [2.05, 4.69) is 16.3 Å². The molecule has 6 heteroatoms. The molecule has 0 aromatic heterocycles. The van der Waals surface area contributed by atoms with Crippen molar-refractivity contribution >= 4 is 17.6 Å². The van der Waals surface area contributed by atoms with Crippen molar-refractivity contribution in [1.82, 2.24) is 15.1 Å². The molecule has 3 rings (SSSR count). The molecular weight excluding hydrogens is 316 g/mol. The van der Waals surface area contributed by atoms with Crippen LogP contribution in [0, 0.1) is 0 Å². The zero-order chi connectivity index (χ0) is 17.8. The molecular formula is C19H28N4O2. The summed E-state index contributed by atoms with van der Waals surface area (Å²) in [7, 11) is 0. The smallest absolute Gasteiger partial charge is 0.317 e. The Morgan fingerprint density at radius 2 is 1.84 bits per heavy atom. The van der Waals surface area contributed by atoms with Crippen molar-refractivity contribution in [3.05, 3.63) is 29.8 Å². The lowest BCUT2D eigenvalue weighted by Crippen LogP contribution is -2.57. The van der Waals surface area contributed by atoms with Gasteiger partial charge in [0.15, 0.2) is 0 Å². The normalized spacial score (nSPS) is 19.3. The fourth-order valence-electron chi connectivity index (χ4n) is 3.72. The molecule has 0 bridgehead atoms. The van der Waals surface area contributed by atoms with Crippen LogP contribution in [0.4, 0.5) is 10.5 Å². The predicted octanol–water partition coefficient (Wildman–Crippen LogP) is 1.70. The van der Waals surface area contributed by atoms with Crippen molar-refractivity contribution < 1.29 is 9.59 Å². The molecule has 1 aromatic carbocycles. The van der Waals surface area contributed by atoms with Crippen molar-refractivity contribution in [2.45, 2.75) is 32.7 Å². The minimum absolute atomic E-state index is 0.00825. The van der Waals surface area contributed by atoms with Crippen LogP contribution in [0.3, 0.4) is 0 Å². The second-order valence-electron chi connectivity index (χ2n) is 6.76. The van der Waals surface area contributed by atoms with E-state index in [0.29, 0.717) is 19.6 Å². The number of fused-ring (bicyclic) bond motifs is 1. The predicted molar refractivity (Wildman–Crippen MR) is 98.8 cm³/mol. The number of amides is 3. The molecule has 6 nitrogen and oxygen atoms in total. The molecule has 1 saturated heterocycles. The van der Waals surface area contributed by atoms with Crippen LogP contribution in [0.25, 0.3) is 0 Å². The molecule has 0 spiro atoms. The first-order valence-electron chi connectivity index (χ1n) is 9.28. The van der Waals surface area contributed by atoms with Crippen molar-refractivity contribution in [3.63, 3.8) is 0 Å². The van der Waals surface area contributed by atoms with Gasteiger partial charge in [0.1, 0.15) is 0 Å². The third kappa shape index (κ3) is 3.79. The van der Waals surface area contributed by atoms with Gasteiger partial charge in [-0.2, -0.15) is 0 Å². The van der Waals surface area contributed by atoms with Gasteiger partial charge in [-0.25, -0.2) is 4.79 Å². The van der Waals surface area contributed by atoms with E-state index in [1.165, 1.54) is 5.56 Å². The Kier molecular flexibility index (Phi) is 5.58. The molecule has 0 aliphatic carbocycles. The number of para-hydroxylation sites is 1. The van der Waals surface area contributed by atoms with E-state index >= 15 is 0 Å².